The summed E-state index contributed by atoms with van der Waals surface area (Å²) < 4.78 is 0. The van der Waals surface area contributed by atoms with Crippen molar-refractivity contribution in [3.05, 3.63) is 266 Å². The van der Waals surface area contributed by atoms with Crippen molar-refractivity contribution < 1.29 is 0 Å². The van der Waals surface area contributed by atoms with Gasteiger partial charge in [-0.05, 0) is 109 Å². The zero-order valence-corrected chi connectivity index (χ0v) is 44.0. The van der Waals surface area contributed by atoms with Crippen molar-refractivity contribution in [2.24, 2.45) is 0 Å². The molecule has 0 N–H and O–H groups in total. The van der Waals surface area contributed by atoms with Gasteiger partial charge in [0.25, 0.3) is 0 Å². The monoisotopic (exact) mass is 1030 g/mol. The highest BCUT2D eigenvalue weighted by molar-refractivity contribution is 5.22. The lowest BCUT2D eigenvalue weighted by Crippen LogP contribution is -2.29. The molecule has 0 radical (unpaired) electrons. The molecule has 0 unspecified atom stereocenters. The van der Waals surface area contributed by atoms with Crippen molar-refractivity contribution in [1.82, 2.24) is 74.3 Å². The molecule has 9 aromatic heterocycles. The van der Waals surface area contributed by atoms with E-state index in [0.717, 1.165) is 102 Å². The topological polar surface area (TPSA) is 135 Å². The van der Waals surface area contributed by atoms with E-state index in [1.165, 1.54) is 0 Å². The van der Waals surface area contributed by atoms with Crippen molar-refractivity contribution >= 4 is 0 Å². The summed E-state index contributed by atoms with van der Waals surface area (Å²) in [6, 6.07) is 57.9. The van der Waals surface area contributed by atoms with Crippen LogP contribution < -0.4 is 0 Å². The summed E-state index contributed by atoms with van der Waals surface area (Å²) in [5, 5.41) is 0. The maximum Gasteiger partial charge on any atom is 0.0548 e. The molecule has 7 aliphatic rings. The maximum absolute atomic E-state index is 5.33. The van der Waals surface area contributed by atoms with Crippen LogP contribution in [-0.2, 0) is 118 Å². The number of pyridine rings is 9. The number of hydrogen-bond acceptors (Lipinski definition) is 15. The summed E-state index contributed by atoms with van der Waals surface area (Å²) in [6.07, 6.45) is 0. The van der Waals surface area contributed by atoms with Crippen LogP contribution in [0.4, 0.5) is 0 Å². The molecule has 0 amide bonds. The standard InChI is InChI=1S/C63H63N15/c1-10-46-28-73-30-48-12-2-13-49(65-48)31-74(29-47(11-1)64-46)41-59-23-8-25-61(71-59)43-76-34-52-16-5-20-56(68-52)38-78(39-57-21-6-17-53(35-76)69-57)45-63-27-9-26-62(72-63)44-77-36-54-18-3-14-50(66-54)32-75(33-51-15-4-19-55(37-77)67-51)42-60-24-7-22-58(40-73)70-60/h1-27H,28-45H2. The van der Waals surface area contributed by atoms with Crippen molar-refractivity contribution in [3.8, 4) is 0 Å². The normalized spacial score (nSPS) is 21.7. The van der Waals surface area contributed by atoms with E-state index in [1.54, 1.807) is 0 Å². The van der Waals surface area contributed by atoms with E-state index in [1.807, 2.05) is 0 Å². The van der Waals surface area contributed by atoms with Gasteiger partial charge in [0.2, 0.25) is 0 Å². The first-order valence-electron chi connectivity index (χ1n) is 27.3. The molecule has 0 spiro atoms. The lowest BCUT2D eigenvalue weighted by atomic mass is 10.2. The molecule has 9 aromatic rings. The van der Waals surface area contributed by atoms with Crippen LogP contribution in [-0.4, -0.2) is 74.3 Å². The predicted octanol–water partition coefficient (Wildman–Crippen LogP) is 8.71. The minimum Gasteiger partial charge on any atom is -0.286 e. The quantitative estimate of drug-likeness (QED) is 0.143. The van der Waals surface area contributed by atoms with Crippen LogP contribution in [0, 0.1) is 0 Å². The largest absolute Gasteiger partial charge is 0.286 e. The first-order valence-corrected chi connectivity index (χ1v) is 27.3. The Morgan fingerprint density at radius 1 is 0.141 bits per heavy atom. The molecule has 15 heteroatoms. The van der Waals surface area contributed by atoms with Crippen LogP contribution in [0.5, 0.6) is 0 Å². The van der Waals surface area contributed by atoms with Gasteiger partial charge in [-0.2, -0.15) is 0 Å². The Labute approximate surface area is 456 Å². The number of aromatic nitrogens is 9. The molecule has 24 bridgehead atoms. The molecule has 0 aliphatic carbocycles. The summed E-state index contributed by atoms with van der Waals surface area (Å²) in [7, 11) is 0. The molecular weight excluding hydrogens is 967 g/mol. The molecule has 0 aromatic carbocycles. The molecule has 78 heavy (non-hydrogen) atoms. The van der Waals surface area contributed by atoms with Gasteiger partial charge in [0.1, 0.15) is 0 Å². The second kappa shape index (κ2) is 23.0. The minimum atomic E-state index is 0.644. The van der Waals surface area contributed by atoms with Gasteiger partial charge in [-0.25, -0.2) is 0 Å². The highest BCUT2D eigenvalue weighted by Crippen LogP contribution is 2.23. The summed E-state index contributed by atoms with van der Waals surface area (Å²) in [4.78, 5) is 62.2. The van der Waals surface area contributed by atoms with Crippen molar-refractivity contribution in [1.29, 1.82) is 0 Å². The van der Waals surface area contributed by atoms with E-state index in [0.29, 0.717) is 118 Å². The summed E-state index contributed by atoms with van der Waals surface area (Å²) in [6.45, 7) is 11.7. The van der Waals surface area contributed by atoms with Crippen LogP contribution in [0.2, 0.25) is 0 Å². The first kappa shape index (κ1) is 49.7. The third-order valence-electron chi connectivity index (χ3n) is 14.7. The van der Waals surface area contributed by atoms with Gasteiger partial charge in [-0.3, -0.25) is 74.3 Å². The van der Waals surface area contributed by atoms with Gasteiger partial charge in [-0.1, -0.05) is 54.6 Å². The Morgan fingerprint density at radius 2 is 0.218 bits per heavy atom. The van der Waals surface area contributed by atoms with Crippen LogP contribution in [0.3, 0.4) is 0 Å². The van der Waals surface area contributed by atoms with Crippen molar-refractivity contribution in [3.63, 3.8) is 0 Å². The molecule has 0 saturated heterocycles. The molecule has 16 rings (SSSR count). The highest BCUT2D eigenvalue weighted by Gasteiger charge is 2.22. The van der Waals surface area contributed by atoms with Gasteiger partial charge in [0, 0.05) is 118 Å². The average molecular weight is 1030 g/mol. The van der Waals surface area contributed by atoms with Gasteiger partial charge >= 0.3 is 0 Å². The fourth-order valence-corrected chi connectivity index (χ4v) is 11.5. The smallest absolute Gasteiger partial charge is 0.0548 e. The van der Waals surface area contributed by atoms with Crippen LogP contribution >= 0.6 is 0 Å². The van der Waals surface area contributed by atoms with Gasteiger partial charge in [-0.15, -0.1) is 0 Å². The number of hydrogen-bond donors (Lipinski definition) is 0. The van der Waals surface area contributed by atoms with Gasteiger partial charge in [0.15, 0.2) is 0 Å². The Bertz CT molecular complexity index is 2840. The van der Waals surface area contributed by atoms with Crippen molar-refractivity contribution in [2.75, 3.05) is 0 Å². The molecular formula is C63H63N15. The minimum absolute atomic E-state index is 0.644. The summed E-state index contributed by atoms with van der Waals surface area (Å²) >= 11 is 0. The van der Waals surface area contributed by atoms with Crippen LogP contribution in [0.25, 0.3) is 0 Å². The fourth-order valence-electron chi connectivity index (χ4n) is 11.5. The van der Waals surface area contributed by atoms with Gasteiger partial charge < -0.3 is 0 Å². The number of nitrogens with zero attached hydrogens (tertiary/aromatic N) is 15. The lowest BCUT2D eigenvalue weighted by molar-refractivity contribution is 0.219. The van der Waals surface area contributed by atoms with Crippen molar-refractivity contribution in [2.45, 2.75) is 118 Å². The Balaban J connectivity index is 0.867. The molecule has 16 heterocycles. The second-order valence-electron chi connectivity index (χ2n) is 21.5. The van der Waals surface area contributed by atoms with Crippen LogP contribution in [0.1, 0.15) is 102 Å². The Kier molecular flexibility index (Phi) is 14.6. The zero-order chi connectivity index (χ0) is 52.0. The Morgan fingerprint density at radius 3 is 0.295 bits per heavy atom. The summed E-state index contributed by atoms with van der Waals surface area (Å²) in [5.74, 6) is 0. The third kappa shape index (κ3) is 12.9. The van der Waals surface area contributed by atoms with E-state index < -0.39 is 0 Å². The van der Waals surface area contributed by atoms with Gasteiger partial charge in [0.05, 0.1) is 102 Å². The second-order valence-corrected chi connectivity index (χ2v) is 21.5. The van der Waals surface area contributed by atoms with Crippen LogP contribution in [0.15, 0.2) is 164 Å². The third-order valence-corrected chi connectivity index (χ3v) is 14.7. The van der Waals surface area contributed by atoms with E-state index >= 15 is 0 Å². The Hall–Kier alpha value is -7.89. The molecule has 0 fully saturated rings. The maximum atomic E-state index is 5.33. The molecule has 15 nitrogen and oxygen atoms in total. The summed E-state index contributed by atoms with van der Waals surface area (Å²) in [5.41, 5.74) is 18.3. The molecule has 390 valence electrons. The predicted molar refractivity (Wildman–Crippen MR) is 296 cm³/mol. The van der Waals surface area contributed by atoms with E-state index in [9.17, 15) is 0 Å². The first-order chi connectivity index (χ1) is 38.4. The van der Waals surface area contributed by atoms with E-state index in [2.05, 4.69) is 193 Å². The number of rotatable bonds is 0. The molecule has 0 atom stereocenters. The SMILES string of the molecule is c1cc2nc(c1)CN1Cc3cccc(n3)CN(C2)Cc2cccc(n2)CN2Cc3cccc(n3)CN(Cc3cccc(n3)C2)Cc2cccc(n2)CN2Cc3cccc(n3)CN(Cc3cccc(n3)C2)Cc2cccc(n2)C1. The lowest BCUT2D eigenvalue weighted by Gasteiger charge is -2.27. The van der Waals surface area contributed by atoms with E-state index in [4.69, 9.17) is 44.9 Å². The fraction of sp³-hybridized carbons (Fsp3) is 0.286. The zero-order valence-electron chi connectivity index (χ0n) is 44.0. The highest BCUT2D eigenvalue weighted by atomic mass is 15.2. The molecule has 7 aliphatic heterocycles. The van der Waals surface area contributed by atoms with E-state index in [-0.39, 0.29) is 0 Å². The average Bonchev–Trinajstić information content (AvgIpc) is 3.41. The molecule has 0 saturated carbocycles.